The van der Waals surface area contributed by atoms with Crippen molar-refractivity contribution < 1.29 is 4.79 Å². The monoisotopic (exact) mass is 558 g/mol. The number of benzene rings is 4. The zero-order chi connectivity index (χ0) is 27.0. The largest absolute Gasteiger partial charge is 0.360 e. The van der Waals surface area contributed by atoms with Gasteiger partial charge in [0, 0.05) is 60.9 Å². The van der Waals surface area contributed by atoms with E-state index in [4.69, 9.17) is 28.3 Å². The minimum Gasteiger partial charge on any atom is -0.360 e. The Labute approximate surface area is 239 Å². The first-order valence-corrected chi connectivity index (χ1v) is 13.7. The first-order valence-electron chi connectivity index (χ1n) is 12.9. The third-order valence-electron chi connectivity index (χ3n) is 7.82. The number of aromatic amines is 1. The molecule has 2 aromatic heterocycles. The van der Waals surface area contributed by atoms with Crippen LogP contribution >= 0.6 is 23.2 Å². The molecule has 0 saturated carbocycles. The van der Waals surface area contributed by atoms with Gasteiger partial charge < -0.3 is 10.3 Å². The Balaban J connectivity index is 1.47. The Kier molecular flexibility index (Phi) is 5.08. The molecule has 40 heavy (non-hydrogen) atoms. The van der Waals surface area contributed by atoms with Crippen molar-refractivity contribution in [3.63, 3.8) is 0 Å². The van der Waals surface area contributed by atoms with E-state index in [2.05, 4.69) is 16.4 Å². The maximum atomic E-state index is 14.0. The summed E-state index contributed by atoms with van der Waals surface area (Å²) in [5.41, 5.74) is 8.66. The van der Waals surface area contributed by atoms with Gasteiger partial charge in [-0.1, -0.05) is 77.8 Å². The van der Waals surface area contributed by atoms with E-state index < -0.39 is 0 Å². The van der Waals surface area contributed by atoms with Gasteiger partial charge >= 0.3 is 0 Å². The van der Waals surface area contributed by atoms with Gasteiger partial charge in [0.1, 0.15) is 11.5 Å². The van der Waals surface area contributed by atoms with Crippen LogP contribution in [0.3, 0.4) is 0 Å². The van der Waals surface area contributed by atoms with Gasteiger partial charge in [-0.3, -0.25) is 4.79 Å². The molecule has 0 amide bonds. The van der Waals surface area contributed by atoms with Crippen LogP contribution in [0, 0.1) is 0 Å². The lowest BCUT2D eigenvalue weighted by Gasteiger charge is -2.27. The molecule has 1 atom stereocenters. The Hall–Kier alpha value is -4.58. The fourth-order valence-electron chi connectivity index (χ4n) is 6.02. The van der Waals surface area contributed by atoms with Crippen LogP contribution in [0.1, 0.15) is 33.0 Å². The minimum atomic E-state index is -0.367. The molecule has 4 aromatic carbocycles. The Morgan fingerprint density at radius 2 is 1.43 bits per heavy atom. The number of hydrogen-bond donors (Lipinski definition) is 2. The number of carbonyl (C=O) groups is 1. The highest BCUT2D eigenvalue weighted by atomic mass is 35.5. The van der Waals surface area contributed by atoms with Gasteiger partial charge in [-0.05, 0) is 48.0 Å². The summed E-state index contributed by atoms with van der Waals surface area (Å²) in [6, 6.07) is 31.3. The van der Waals surface area contributed by atoms with E-state index in [1.54, 1.807) is 0 Å². The van der Waals surface area contributed by atoms with Gasteiger partial charge in [-0.15, -0.1) is 0 Å². The number of allylic oxidation sites excluding steroid dienone is 1. The number of rotatable bonds is 3. The predicted molar refractivity (Wildman–Crippen MR) is 160 cm³/mol. The number of hydrogen-bond acceptors (Lipinski definition) is 3. The fraction of sp³-hybridized carbons (Fsp3) is 0.0303. The lowest BCUT2D eigenvalue weighted by Crippen LogP contribution is -2.20. The molecule has 8 rings (SSSR count). The second-order valence-electron chi connectivity index (χ2n) is 10.0. The van der Waals surface area contributed by atoms with Crippen molar-refractivity contribution in [1.82, 2.24) is 14.8 Å². The van der Waals surface area contributed by atoms with Crippen LogP contribution in [0.4, 0.5) is 5.82 Å². The highest BCUT2D eigenvalue weighted by molar-refractivity contribution is 6.31. The number of ketones is 1. The molecule has 1 aliphatic carbocycles. The summed E-state index contributed by atoms with van der Waals surface area (Å²) >= 11 is 12.6. The molecule has 192 valence electrons. The maximum Gasteiger partial charge on any atom is 0.192 e. The lowest BCUT2D eigenvalue weighted by atomic mass is 9.80. The van der Waals surface area contributed by atoms with Crippen molar-refractivity contribution in [2.24, 2.45) is 0 Å². The molecule has 0 radical (unpaired) electrons. The molecule has 0 bridgehead atoms. The molecule has 0 fully saturated rings. The third kappa shape index (κ3) is 3.35. The summed E-state index contributed by atoms with van der Waals surface area (Å²) in [5, 5.41) is 11.2. The Bertz CT molecular complexity index is 2020. The summed E-state index contributed by atoms with van der Waals surface area (Å²) in [4.78, 5) is 17.4. The third-order valence-corrected chi connectivity index (χ3v) is 8.32. The standard InChI is InChI=1S/C33H20Cl2N4O/c34-19-11-9-18(10-12-19)27-28-30(23-6-1-2-7-24(23)32(28)40)37-33-29(27)31(25-17-36-26-8-4-3-5-22(25)26)38-39(33)21-15-13-20(35)14-16-21/h1-17,27,36-37H. The summed E-state index contributed by atoms with van der Waals surface area (Å²) in [5.74, 6) is 0.465. The molecule has 2 aliphatic rings. The van der Waals surface area contributed by atoms with Gasteiger partial charge in [-0.25, -0.2) is 4.68 Å². The first-order chi connectivity index (χ1) is 19.6. The zero-order valence-electron chi connectivity index (χ0n) is 21.0. The zero-order valence-corrected chi connectivity index (χ0v) is 22.5. The second kappa shape index (κ2) is 8.71. The molecule has 0 spiro atoms. The lowest BCUT2D eigenvalue weighted by molar-refractivity contribution is 0.103. The average Bonchev–Trinajstić information content (AvgIpc) is 3.66. The van der Waals surface area contributed by atoms with Crippen molar-refractivity contribution in [3.05, 3.63) is 141 Å². The summed E-state index contributed by atoms with van der Waals surface area (Å²) in [6.45, 7) is 0. The van der Waals surface area contributed by atoms with Crippen LogP contribution in [-0.4, -0.2) is 20.5 Å². The number of fused-ring (bicyclic) bond motifs is 4. The van der Waals surface area contributed by atoms with Gasteiger partial charge in [-0.2, -0.15) is 5.10 Å². The summed E-state index contributed by atoms with van der Waals surface area (Å²) in [6.07, 6.45) is 1.99. The van der Waals surface area contributed by atoms with Crippen LogP contribution in [0.2, 0.25) is 10.0 Å². The van der Waals surface area contributed by atoms with E-state index in [-0.39, 0.29) is 11.7 Å². The quantitative estimate of drug-likeness (QED) is 0.229. The molecule has 6 aromatic rings. The number of nitrogens with one attached hydrogen (secondary N) is 2. The van der Waals surface area contributed by atoms with E-state index >= 15 is 0 Å². The van der Waals surface area contributed by atoms with Crippen LogP contribution in [0.25, 0.3) is 33.5 Å². The number of nitrogens with zero attached hydrogens (tertiary/aromatic N) is 2. The van der Waals surface area contributed by atoms with Crippen molar-refractivity contribution in [3.8, 4) is 16.9 Å². The van der Waals surface area contributed by atoms with Gasteiger partial charge in [0.05, 0.1) is 11.4 Å². The Morgan fingerprint density at radius 1 is 0.750 bits per heavy atom. The molecule has 7 heteroatoms. The smallest absolute Gasteiger partial charge is 0.192 e. The maximum absolute atomic E-state index is 14.0. The van der Waals surface area contributed by atoms with E-state index in [1.165, 1.54) is 0 Å². The molecule has 3 heterocycles. The minimum absolute atomic E-state index is 0.0211. The summed E-state index contributed by atoms with van der Waals surface area (Å²) in [7, 11) is 0. The topological polar surface area (TPSA) is 62.7 Å². The molecular weight excluding hydrogens is 539 g/mol. The van der Waals surface area contributed by atoms with Crippen LogP contribution in [-0.2, 0) is 0 Å². The first kappa shape index (κ1) is 23.3. The van der Waals surface area contributed by atoms with Crippen molar-refractivity contribution in [2.45, 2.75) is 5.92 Å². The van der Waals surface area contributed by atoms with Gasteiger partial charge in [0.15, 0.2) is 5.78 Å². The van der Waals surface area contributed by atoms with E-state index in [9.17, 15) is 4.79 Å². The molecule has 0 saturated heterocycles. The molecular formula is C33H20Cl2N4O. The molecule has 1 unspecified atom stereocenters. The number of aromatic nitrogens is 3. The number of carbonyl (C=O) groups excluding carboxylic acids is 1. The normalized spacial score (nSPS) is 15.7. The van der Waals surface area contributed by atoms with E-state index in [0.717, 1.165) is 56.1 Å². The SMILES string of the molecule is O=C1C2=C(Nc3c(c(-c4c[nH]c5ccccc45)nn3-c3ccc(Cl)cc3)C2c2ccc(Cl)cc2)c2ccccc21. The van der Waals surface area contributed by atoms with E-state index in [1.807, 2.05) is 102 Å². The molecule has 1 aliphatic heterocycles. The number of H-pyrrole nitrogens is 1. The van der Waals surface area contributed by atoms with Crippen molar-refractivity contribution in [2.75, 3.05) is 5.32 Å². The number of anilines is 1. The fourth-order valence-corrected chi connectivity index (χ4v) is 6.28. The second-order valence-corrected chi connectivity index (χ2v) is 10.9. The number of Topliss-reactive ketones (excluding diaryl/α,β-unsaturated/α-hetero) is 1. The van der Waals surface area contributed by atoms with Crippen LogP contribution < -0.4 is 5.32 Å². The predicted octanol–water partition coefficient (Wildman–Crippen LogP) is 8.49. The number of halogens is 2. The molecule has 2 N–H and O–H groups in total. The Morgan fingerprint density at radius 3 is 2.20 bits per heavy atom. The highest BCUT2D eigenvalue weighted by Gasteiger charge is 2.43. The van der Waals surface area contributed by atoms with Gasteiger partial charge in [0.25, 0.3) is 0 Å². The van der Waals surface area contributed by atoms with E-state index in [0.29, 0.717) is 21.2 Å². The molecule has 5 nitrogen and oxygen atoms in total. The summed E-state index contributed by atoms with van der Waals surface area (Å²) < 4.78 is 1.92. The van der Waals surface area contributed by atoms with Crippen molar-refractivity contribution >= 4 is 51.4 Å². The van der Waals surface area contributed by atoms with Crippen LogP contribution in [0.15, 0.2) is 109 Å². The van der Waals surface area contributed by atoms with Gasteiger partial charge in [0.2, 0.25) is 0 Å². The average molecular weight is 559 g/mol. The van der Waals surface area contributed by atoms with Crippen molar-refractivity contribution in [1.29, 1.82) is 0 Å². The highest BCUT2D eigenvalue weighted by Crippen LogP contribution is 2.53. The number of para-hydroxylation sites is 1. The van der Waals surface area contributed by atoms with Crippen LogP contribution in [0.5, 0.6) is 0 Å².